The van der Waals surface area contributed by atoms with E-state index in [0.29, 0.717) is 19.1 Å². The summed E-state index contributed by atoms with van der Waals surface area (Å²) in [7, 11) is 1.63. The van der Waals surface area contributed by atoms with E-state index < -0.39 is 0 Å². The summed E-state index contributed by atoms with van der Waals surface area (Å²) in [5, 5.41) is 4.92. The van der Waals surface area contributed by atoms with Crippen LogP contribution >= 0.6 is 11.3 Å². The summed E-state index contributed by atoms with van der Waals surface area (Å²) in [6.45, 7) is 2.02. The molecular weight excluding hydrogens is 410 g/mol. The zero-order chi connectivity index (χ0) is 21.2. The Balaban J connectivity index is 1.40. The molecule has 0 saturated carbocycles. The molecule has 4 heterocycles. The third-order valence-electron chi connectivity index (χ3n) is 6.19. The Labute approximate surface area is 185 Å². The fourth-order valence-electron chi connectivity index (χ4n) is 4.54. The SMILES string of the molecule is COCCC(=O)N1CCC(Nc2nc(-c3cccnc3)nc3sc4c(c23)CCC4)CC1. The van der Waals surface area contributed by atoms with Gasteiger partial charge in [0.1, 0.15) is 10.6 Å². The van der Waals surface area contributed by atoms with E-state index in [1.165, 1.54) is 22.2 Å². The zero-order valence-corrected chi connectivity index (χ0v) is 18.6. The summed E-state index contributed by atoms with van der Waals surface area (Å²) in [6.07, 6.45) is 9.32. The van der Waals surface area contributed by atoms with Gasteiger partial charge in [-0.15, -0.1) is 11.3 Å². The second kappa shape index (κ2) is 8.88. The average Bonchev–Trinajstić information content (AvgIpc) is 3.39. The number of nitrogens with one attached hydrogen (secondary N) is 1. The van der Waals surface area contributed by atoms with Crippen LogP contribution in [0, 0.1) is 0 Å². The lowest BCUT2D eigenvalue weighted by Crippen LogP contribution is -2.42. The summed E-state index contributed by atoms with van der Waals surface area (Å²) in [5.74, 6) is 1.84. The van der Waals surface area contributed by atoms with Gasteiger partial charge in [0.15, 0.2) is 5.82 Å². The van der Waals surface area contributed by atoms with Gasteiger partial charge in [-0.1, -0.05) is 0 Å². The summed E-state index contributed by atoms with van der Waals surface area (Å²) >= 11 is 1.81. The second-order valence-electron chi connectivity index (χ2n) is 8.22. The number of thiophene rings is 1. The highest BCUT2D eigenvalue weighted by Gasteiger charge is 2.26. The van der Waals surface area contributed by atoms with Crippen molar-refractivity contribution in [2.24, 2.45) is 0 Å². The highest BCUT2D eigenvalue weighted by Crippen LogP contribution is 2.40. The van der Waals surface area contributed by atoms with E-state index in [-0.39, 0.29) is 5.91 Å². The Morgan fingerprint density at radius 2 is 2.16 bits per heavy atom. The van der Waals surface area contributed by atoms with E-state index in [1.807, 2.05) is 34.6 Å². The molecule has 1 aliphatic carbocycles. The number of fused-ring (bicyclic) bond motifs is 3. The lowest BCUT2D eigenvalue weighted by Gasteiger charge is -2.33. The number of amides is 1. The monoisotopic (exact) mass is 437 g/mol. The maximum atomic E-state index is 12.3. The molecule has 3 aromatic rings. The molecule has 8 heteroatoms. The molecule has 1 N–H and O–H groups in total. The third kappa shape index (κ3) is 4.14. The van der Waals surface area contributed by atoms with Crippen LogP contribution in [0.1, 0.15) is 36.1 Å². The maximum Gasteiger partial charge on any atom is 0.224 e. The average molecular weight is 438 g/mol. The molecule has 1 aliphatic heterocycles. The molecule has 31 heavy (non-hydrogen) atoms. The van der Waals surface area contributed by atoms with Crippen molar-refractivity contribution in [2.75, 3.05) is 32.1 Å². The van der Waals surface area contributed by atoms with Crippen LogP contribution in [0.2, 0.25) is 0 Å². The number of carbonyl (C=O) groups is 1. The summed E-state index contributed by atoms with van der Waals surface area (Å²) in [5.41, 5.74) is 2.35. The van der Waals surface area contributed by atoms with E-state index in [4.69, 9.17) is 14.7 Å². The second-order valence-corrected chi connectivity index (χ2v) is 9.30. The molecule has 3 aromatic heterocycles. The Kier molecular flexibility index (Phi) is 5.82. The lowest BCUT2D eigenvalue weighted by molar-refractivity contribution is -0.133. The molecule has 2 aliphatic rings. The number of rotatable bonds is 6. The van der Waals surface area contributed by atoms with Crippen molar-refractivity contribution in [1.29, 1.82) is 0 Å². The number of hydrogen-bond donors (Lipinski definition) is 1. The number of aryl methyl sites for hydroxylation is 2. The summed E-state index contributed by atoms with van der Waals surface area (Å²) < 4.78 is 5.04. The number of nitrogens with zero attached hydrogens (tertiary/aromatic N) is 4. The molecule has 0 bridgehead atoms. The Bertz CT molecular complexity index is 1080. The summed E-state index contributed by atoms with van der Waals surface area (Å²) in [4.78, 5) is 30.8. The molecule has 0 unspecified atom stereocenters. The number of aromatic nitrogens is 3. The van der Waals surface area contributed by atoms with Crippen LogP contribution in [0.4, 0.5) is 5.82 Å². The van der Waals surface area contributed by atoms with Gasteiger partial charge in [-0.05, 0) is 49.8 Å². The zero-order valence-electron chi connectivity index (χ0n) is 17.8. The van der Waals surface area contributed by atoms with Gasteiger partial charge in [-0.3, -0.25) is 9.78 Å². The van der Waals surface area contributed by atoms with Crippen LogP contribution in [-0.2, 0) is 22.4 Å². The minimum Gasteiger partial charge on any atom is -0.384 e. The normalized spacial score (nSPS) is 16.6. The van der Waals surface area contributed by atoms with Gasteiger partial charge in [-0.2, -0.15) is 0 Å². The number of anilines is 1. The van der Waals surface area contributed by atoms with Crippen LogP contribution in [0.15, 0.2) is 24.5 Å². The van der Waals surface area contributed by atoms with E-state index in [2.05, 4.69) is 10.3 Å². The molecule has 1 fully saturated rings. The molecule has 7 nitrogen and oxygen atoms in total. The van der Waals surface area contributed by atoms with Crippen molar-refractivity contribution in [3.8, 4) is 11.4 Å². The van der Waals surface area contributed by atoms with Gasteiger partial charge in [-0.25, -0.2) is 9.97 Å². The topological polar surface area (TPSA) is 80.2 Å². The van der Waals surface area contributed by atoms with Crippen LogP contribution in [0.3, 0.4) is 0 Å². The molecule has 0 aromatic carbocycles. The molecular formula is C23H27N5O2S. The van der Waals surface area contributed by atoms with Gasteiger partial charge in [0.2, 0.25) is 5.91 Å². The Hall–Kier alpha value is -2.58. The number of likely N-dealkylation sites (tertiary alicyclic amines) is 1. The third-order valence-corrected chi connectivity index (χ3v) is 7.38. The van der Waals surface area contributed by atoms with E-state index in [9.17, 15) is 4.79 Å². The van der Waals surface area contributed by atoms with Gasteiger partial charge >= 0.3 is 0 Å². The van der Waals surface area contributed by atoms with Crippen molar-refractivity contribution in [3.05, 3.63) is 35.0 Å². The van der Waals surface area contributed by atoms with Crippen LogP contribution in [0.5, 0.6) is 0 Å². The van der Waals surface area contributed by atoms with E-state index >= 15 is 0 Å². The van der Waals surface area contributed by atoms with Crippen LogP contribution in [-0.4, -0.2) is 58.6 Å². The van der Waals surface area contributed by atoms with Gasteiger partial charge in [0.25, 0.3) is 0 Å². The lowest BCUT2D eigenvalue weighted by atomic mass is 10.0. The number of methoxy groups -OCH3 is 1. The number of hydrogen-bond acceptors (Lipinski definition) is 7. The molecule has 0 radical (unpaired) electrons. The molecule has 0 spiro atoms. The molecule has 1 amide bonds. The fraction of sp³-hybridized carbons (Fsp3) is 0.478. The molecule has 5 rings (SSSR count). The van der Waals surface area contributed by atoms with Crippen LogP contribution in [0.25, 0.3) is 21.6 Å². The number of piperidine rings is 1. The first-order chi connectivity index (χ1) is 15.2. The molecule has 1 saturated heterocycles. The minimum atomic E-state index is 0.180. The van der Waals surface area contributed by atoms with Crippen molar-refractivity contribution in [2.45, 2.75) is 44.6 Å². The van der Waals surface area contributed by atoms with Crippen molar-refractivity contribution < 1.29 is 9.53 Å². The molecule has 0 atom stereocenters. The van der Waals surface area contributed by atoms with Gasteiger partial charge in [0, 0.05) is 49.1 Å². The number of ether oxygens (including phenoxy) is 1. The van der Waals surface area contributed by atoms with Crippen LogP contribution < -0.4 is 5.32 Å². The first-order valence-corrected chi connectivity index (χ1v) is 11.8. The summed E-state index contributed by atoms with van der Waals surface area (Å²) in [6, 6.07) is 4.22. The standard InChI is InChI=1S/C23H27N5O2S/c1-30-13-9-19(29)28-11-7-16(8-12-28)25-22-20-17-5-2-6-18(17)31-23(20)27-21(26-22)15-4-3-10-24-14-15/h3-4,10,14,16H,2,5-9,11-13H2,1H3,(H,25,26,27). The predicted octanol–water partition coefficient (Wildman–Crippen LogP) is 3.68. The first-order valence-electron chi connectivity index (χ1n) is 11.0. The highest BCUT2D eigenvalue weighted by molar-refractivity contribution is 7.19. The van der Waals surface area contributed by atoms with Gasteiger partial charge < -0.3 is 15.0 Å². The van der Waals surface area contributed by atoms with Crippen molar-refractivity contribution in [3.63, 3.8) is 0 Å². The van der Waals surface area contributed by atoms with E-state index in [1.54, 1.807) is 13.3 Å². The van der Waals surface area contributed by atoms with Gasteiger partial charge in [0.05, 0.1) is 18.4 Å². The number of carbonyl (C=O) groups excluding carboxylic acids is 1. The first kappa shape index (κ1) is 20.3. The molecule has 162 valence electrons. The fourth-order valence-corrected chi connectivity index (χ4v) is 5.80. The Morgan fingerprint density at radius 3 is 2.94 bits per heavy atom. The highest BCUT2D eigenvalue weighted by atomic mass is 32.1. The number of pyridine rings is 1. The maximum absolute atomic E-state index is 12.3. The van der Waals surface area contributed by atoms with Crippen molar-refractivity contribution in [1.82, 2.24) is 19.9 Å². The van der Waals surface area contributed by atoms with Crippen molar-refractivity contribution >= 4 is 33.3 Å². The largest absolute Gasteiger partial charge is 0.384 e. The quantitative estimate of drug-likeness (QED) is 0.634. The Morgan fingerprint density at radius 1 is 1.29 bits per heavy atom. The van der Waals surface area contributed by atoms with E-state index in [0.717, 1.165) is 60.8 Å². The minimum absolute atomic E-state index is 0.180. The smallest absolute Gasteiger partial charge is 0.224 e. The predicted molar refractivity (Wildman–Crippen MR) is 122 cm³/mol.